The maximum atomic E-state index is 12.9. The van der Waals surface area contributed by atoms with Crippen molar-refractivity contribution in [3.63, 3.8) is 0 Å². The molecule has 0 amide bonds. The van der Waals surface area contributed by atoms with Gasteiger partial charge in [0.15, 0.2) is 5.82 Å². The SMILES string of the molecule is Cc1ccc(S(=O)(=O)OC2C3CN(c4cnc(-c5ccccc5)nc4)CC3CN2C)cc1. The number of aromatic nitrogens is 2. The van der Waals surface area contributed by atoms with Crippen LogP contribution in [0, 0.1) is 18.8 Å². The van der Waals surface area contributed by atoms with E-state index in [-0.39, 0.29) is 10.8 Å². The highest BCUT2D eigenvalue weighted by Crippen LogP contribution is 2.39. The van der Waals surface area contributed by atoms with E-state index in [0.717, 1.165) is 29.9 Å². The molecule has 2 aliphatic rings. The highest BCUT2D eigenvalue weighted by atomic mass is 32.2. The van der Waals surface area contributed by atoms with E-state index in [1.165, 1.54) is 0 Å². The number of anilines is 1. The molecule has 5 rings (SSSR count). The van der Waals surface area contributed by atoms with Gasteiger partial charge in [0.05, 0.1) is 23.0 Å². The second-order valence-electron chi connectivity index (χ2n) is 8.65. The Morgan fingerprint density at radius 3 is 2.31 bits per heavy atom. The molecule has 1 aromatic heterocycles. The minimum atomic E-state index is -3.84. The molecule has 7 nitrogen and oxygen atoms in total. The molecule has 3 atom stereocenters. The van der Waals surface area contributed by atoms with Crippen LogP contribution in [0.5, 0.6) is 0 Å². The summed E-state index contributed by atoms with van der Waals surface area (Å²) in [4.78, 5) is 13.5. The van der Waals surface area contributed by atoms with Crippen molar-refractivity contribution < 1.29 is 12.6 Å². The van der Waals surface area contributed by atoms with Crippen LogP contribution in [-0.2, 0) is 14.3 Å². The van der Waals surface area contributed by atoms with Crippen molar-refractivity contribution in [3.05, 3.63) is 72.6 Å². The smallest absolute Gasteiger partial charge is 0.298 e. The Hall–Kier alpha value is -2.81. The van der Waals surface area contributed by atoms with E-state index in [2.05, 4.69) is 14.9 Å². The Bertz CT molecular complexity index is 1180. The first-order chi connectivity index (χ1) is 15.4. The molecule has 2 fully saturated rings. The Kier molecular flexibility index (Phi) is 5.44. The second kappa shape index (κ2) is 8.27. The first kappa shape index (κ1) is 21.1. The molecule has 3 heterocycles. The van der Waals surface area contributed by atoms with Crippen molar-refractivity contribution in [1.82, 2.24) is 14.9 Å². The van der Waals surface area contributed by atoms with Gasteiger partial charge < -0.3 is 4.90 Å². The summed E-state index contributed by atoms with van der Waals surface area (Å²) in [5.41, 5.74) is 2.93. The molecule has 2 saturated heterocycles. The second-order valence-corrected chi connectivity index (χ2v) is 10.2. The van der Waals surface area contributed by atoms with Crippen molar-refractivity contribution in [2.45, 2.75) is 18.0 Å². The van der Waals surface area contributed by atoms with Gasteiger partial charge in [0.25, 0.3) is 10.1 Å². The van der Waals surface area contributed by atoms with Gasteiger partial charge in [0.2, 0.25) is 0 Å². The zero-order valence-electron chi connectivity index (χ0n) is 18.1. The molecular formula is C24H26N4O3S. The fraction of sp³-hybridized carbons (Fsp3) is 0.333. The number of nitrogens with zero attached hydrogens (tertiary/aromatic N) is 4. The number of benzene rings is 2. The van der Waals surface area contributed by atoms with Crippen molar-refractivity contribution in [2.24, 2.45) is 11.8 Å². The highest BCUT2D eigenvalue weighted by Gasteiger charge is 2.48. The van der Waals surface area contributed by atoms with E-state index in [1.54, 1.807) is 24.3 Å². The molecule has 0 aliphatic carbocycles. The predicted octanol–water partition coefficient (Wildman–Crippen LogP) is 3.18. The molecule has 0 N–H and O–H groups in total. The van der Waals surface area contributed by atoms with Gasteiger partial charge >= 0.3 is 0 Å². The minimum absolute atomic E-state index is 0.0917. The number of aryl methyl sites for hydroxylation is 1. The molecule has 32 heavy (non-hydrogen) atoms. The zero-order valence-corrected chi connectivity index (χ0v) is 18.9. The average Bonchev–Trinajstić information content (AvgIpc) is 3.33. The van der Waals surface area contributed by atoms with Gasteiger partial charge in [-0.1, -0.05) is 48.0 Å². The van der Waals surface area contributed by atoms with Crippen LogP contribution < -0.4 is 4.90 Å². The molecule has 0 bridgehead atoms. The maximum Gasteiger partial charge on any atom is 0.298 e. The first-order valence-corrected chi connectivity index (χ1v) is 12.1. The topological polar surface area (TPSA) is 75.6 Å². The fourth-order valence-electron chi connectivity index (χ4n) is 4.68. The van der Waals surface area contributed by atoms with Crippen molar-refractivity contribution in [2.75, 3.05) is 31.6 Å². The van der Waals surface area contributed by atoms with Crippen molar-refractivity contribution >= 4 is 15.8 Å². The van der Waals surface area contributed by atoms with Crippen LogP contribution in [0.3, 0.4) is 0 Å². The summed E-state index contributed by atoms with van der Waals surface area (Å²) in [5, 5.41) is 0. The monoisotopic (exact) mass is 450 g/mol. The van der Waals surface area contributed by atoms with Gasteiger partial charge in [-0.25, -0.2) is 14.2 Å². The van der Waals surface area contributed by atoms with E-state index in [1.807, 2.05) is 61.6 Å². The number of hydrogen-bond acceptors (Lipinski definition) is 7. The summed E-state index contributed by atoms with van der Waals surface area (Å²) >= 11 is 0. The lowest BCUT2D eigenvalue weighted by Gasteiger charge is -2.26. The van der Waals surface area contributed by atoms with Gasteiger partial charge in [0, 0.05) is 31.1 Å². The van der Waals surface area contributed by atoms with E-state index in [9.17, 15) is 8.42 Å². The summed E-state index contributed by atoms with van der Waals surface area (Å²) in [6.07, 6.45) is 3.21. The fourth-order valence-corrected chi connectivity index (χ4v) is 5.81. The Morgan fingerprint density at radius 1 is 0.938 bits per heavy atom. The highest BCUT2D eigenvalue weighted by molar-refractivity contribution is 7.86. The van der Waals surface area contributed by atoms with Gasteiger partial charge in [-0.05, 0) is 32.0 Å². The molecule has 0 spiro atoms. The molecular weight excluding hydrogens is 424 g/mol. The number of likely N-dealkylation sites (tertiary alicyclic amines) is 1. The lowest BCUT2D eigenvalue weighted by molar-refractivity contribution is 0.0569. The molecule has 8 heteroatoms. The summed E-state index contributed by atoms with van der Waals surface area (Å²) < 4.78 is 31.5. The first-order valence-electron chi connectivity index (χ1n) is 10.7. The quantitative estimate of drug-likeness (QED) is 0.553. The largest absolute Gasteiger partial charge is 0.368 e. The van der Waals surface area contributed by atoms with Crippen molar-refractivity contribution in [3.8, 4) is 11.4 Å². The number of hydrogen-bond donors (Lipinski definition) is 0. The summed E-state index contributed by atoms with van der Waals surface area (Å²) in [6.45, 7) is 4.25. The zero-order chi connectivity index (χ0) is 22.3. The van der Waals surface area contributed by atoms with Crippen LogP contribution in [0.25, 0.3) is 11.4 Å². The molecule has 2 aliphatic heterocycles. The Labute approximate surface area is 188 Å². The molecule has 0 saturated carbocycles. The maximum absolute atomic E-state index is 12.9. The van der Waals surface area contributed by atoms with Gasteiger partial charge in [-0.2, -0.15) is 8.42 Å². The third-order valence-corrected chi connectivity index (χ3v) is 7.69. The average molecular weight is 451 g/mol. The summed E-state index contributed by atoms with van der Waals surface area (Å²) in [7, 11) is -1.91. The van der Waals surface area contributed by atoms with E-state index >= 15 is 0 Å². The van der Waals surface area contributed by atoms with Gasteiger partial charge in [-0.3, -0.25) is 4.90 Å². The third-order valence-electron chi connectivity index (χ3n) is 6.39. The predicted molar refractivity (Wildman–Crippen MR) is 123 cm³/mol. The van der Waals surface area contributed by atoms with Crippen LogP contribution in [0.4, 0.5) is 5.69 Å². The molecule has 3 aromatic rings. The number of fused-ring (bicyclic) bond motifs is 1. The standard InChI is InChI=1S/C24H26N4O3S/c1-17-8-10-21(11-9-17)32(29,30)31-24-22-16-28(15-19(22)14-27(24)2)20-12-25-23(26-13-20)18-6-4-3-5-7-18/h3-13,19,22,24H,14-16H2,1-2H3. The van der Waals surface area contributed by atoms with E-state index < -0.39 is 16.3 Å². The lowest BCUT2D eigenvalue weighted by Crippen LogP contribution is -2.37. The molecule has 0 radical (unpaired) electrons. The van der Waals surface area contributed by atoms with Gasteiger partial charge in [-0.15, -0.1) is 0 Å². The molecule has 2 aromatic carbocycles. The van der Waals surface area contributed by atoms with Gasteiger partial charge in [0.1, 0.15) is 6.23 Å². The Morgan fingerprint density at radius 2 is 1.62 bits per heavy atom. The minimum Gasteiger partial charge on any atom is -0.368 e. The van der Waals surface area contributed by atoms with Crippen LogP contribution in [0.2, 0.25) is 0 Å². The van der Waals surface area contributed by atoms with E-state index in [4.69, 9.17) is 4.18 Å². The van der Waals surface area contributed by atoms with E-state index in [0.29, 0.717) is 18.3 Å². The Balaban J connectivity index is 1.31. The number of rotatable bonds is 5. The summed E-state index contributed by atoms with van der Waals surface area (Å²) in [5.74, 6) is 1.11. The normalized spacial score (nSPS) is 23.4. The van der Waals surface area contributed by atoms with Crippen molar-refractivity contribution in [1.29, 1.82) is 0 Å². The summed E-state index contributed by atoms with van der Waals surface area (Å²) in [6, 6.07) is 16.7. The van der Waals surface area contributed by atoms with Crippen LogP contribution in [0.15, 0.2) is 71.9 Å². The molecule has 166 valence electrons. The van der Waals surface area contributed by atoms with Crippen LogP contribution in [0.1, 0.15) is 5.56 Å². The lowest BCUT2D eigenvalue weighted by atomic mass is 10.00. The van der Waals surface area contributed by atoms with Crippen LogP contribution >= 0.6 is 0 Å². The molecule has 3 unspecified atom stereocenters. The van der Waals surface area contributed by atoms with Crippen LogP contribution in [-0.4, -0.2) is 56.2 Å². The third kappa shape index (κ3) is 4.01.